The summed E-state index contributed by atoms with van der Waals surface area (Å²) in [7, 11) is 3.22. The van der Waals surface area contributed by atoms with Crippen molar-refractivity contribution in [3.8, 4) is 5.75 Å². The van der Waals surface area contributed by atoms with Crippen molar-refractivity contribution >= 4 is 0 Å². The molecule has 0 aromatic heterocycles. The molecular formula is C12H18O3. The van der Waals surface area contributed by atoms with E-state index < -0.39 is 6.10 Å². The van der Waals surface area contributed by atoms with Gasteiger partial charge in [0.25, 0.3) is 0 Å². The van der Waals surface area contributed by atoms with Crippen LogP contribution in [0.15, 0.2) is 18.2 Å². The molecule has 84 valence electrons. The lowest BCUT2D eigenvalue weighted by atomic mass is 10.0. The SMILES string of the molecule is COCC(O)Cc1cc(C)ccc1OC. The quantitative estimate of drug-likeness (QED) is 0.801. The Bertz CT molecular complexity index is 310. The van der Waals surface area contributed by atoms with Crippen LogP contribution in [0.25, 0.3) is 0 Å². The fraction of sp³-hybridized carbons (Fsp3) is 0.500. The van der Waals surface area contributed by atoms with Crippen molar-refractivity contribution in [1.29, 1.82) is 0 Å². The number of ether oxygens (including phenoxy) is 2. The van der Waals surface area contributed by atoms with Gasteiger partial charge in [0.05, 0.1) is 19.8 Å². The van der Waals surface area contributed by atoms with Gasteiger partial charge in [0.15, 0.2) is 0 Å². The third-order valence-corrected chi connectivity index (χ3v) is 2.25. The topological polar surface area (TPSA) is 38.7 Å². The molecule has 1 rings (SSSR count). The molecule has 0 spiro atoms. The molecule has 1 unspecified atom stereocenters. The second-order valence-corrected chi connectivity index (χ2v) is 3.63. The van der Waals surface area contributed by atoms with Gasteiger partial charge in [-0.1, -0.05) is 17.7 Å². The van der Waals surface area contributed by atoms with Crippen molar-refractivity contribution in [3.63, 3.8) is 0 Å². The van der Waals surface area contributed by atoms with Crippen LogP contribution >= 0.6 is 0 Å². The van der Waals surface area contributed by atoms with Crippen LogP contribution in [-0.4, -0.2) is 32.0 Å². The van der Waals surface area contributed by atoms with Crippen LogP contribution in [0.5, 0.6) is 5.75 Å². The van der Waals surface area contributed by atoms with Gasteiger partial charge in [-0.3, -0.25) is 0 Å². The minimum Gasteiger partial charge on any atom is -0.496 e. The van der Waals surface area contributed by atoms with Crippen LogP contribution in [0.1, 0.15) is 11.1 Å². The van der Waals surface area contributed by atoms with Crippen LogP contribution < -0.4 is 4.74 Å². The summed E-state index contributed by atoms with van der Waals surface area (Å²) in [5, 5.41) is 9.63. The predicted molar refractivity (Wildman–Crippen MR) is 59.3 cm³/mol. The van der Waals surface area contributed by atoms with Crippen LogP contribution in [-0.2, 0) is 11.2 Å². The molecule has 0 bridgehead atoms. The first-order valence-electron chi connectivity index (χ1n) is 4.98. The number of aliphatic hydroxyl groups is 1. The number of aliphatic hydroxyl groups excluding tert-OH is 1. The number of hydrogen-bond donors (Lipinski definition) is 1. The zero-order valence-corrected chi connectivity index (χ0v) is 9.49. The number of methoxy groups -OCH3 is 2. The second kappa shape index (κ2) is 5.73. The maximum absolute atomic E-state index is 9.63. The minimum atomic E-state index is -0.481. The smallest absolute Gasteiger partial charge is 0.122 e. The van der Waals surface area contributed by atoms with E-state index in [4.69, 9.17) is 9.47 Å². The Morgan fingerprint density at radius 3 is 2.67 bits per heavy atom. The highest BCUT2D eigenvalue weighted by molar-refractivity contribution is 5.37. The molecule has 0 fully saturated rings. The molecule has 0 saturated heterocycles. The fourth-order valence-electron chi connectivity index (χ4n) is 1.57. The van der Waals surface area contributed by atoms with Gasteiger partial charge in [0.2, 0.25) is 0 Å². The van der Waals surface area contributed by atoms with E-state index in [2.05, 4.69) is 0 Å². The Balaban J connectivity index is 2.77. The zero-order valence-electron chi connectivity index (χ0n) is 9.49. The van der Waals surface area contributed by atoms with E-state index in [1.54, 1.807) is 14.2 Å². The largest absolute Gasteiger partial charge is 0.496 e. The first-order chi connectivity index (χ1) is 7.17. The maximum atomic E-state index is 9.63. The first-order valence-corrected chi connectivity index (χ1v) is 4.98. The number of hydrogen-bond acceptors (Lipinski definition) is 3. The standard InChI is InChI=1S/C12H18O3/c1-9-4-5-12(15-3)10(6-9)7-11(13)8-14-2/h4-6,11,13H,7-8H2,1-3H3. The minimum absolute atomic E-state index is 0.344. The second-order valence-electron chi connectivity index (χ2n) is 3.63. The molecule has 1 atom stereocenters. The van der Waals surface area contributed by atoms with Crippen LogP contribution in [0, 0.1) is 6.92 Å². The molecule has 0 aliphatic rings. The Kier molecular flexibility index (Phi) is 4.59. The van der Waals surface area contributed by atoms with Crippen molar-refractivity contribution in [3.05, 3.63) is 29.3 Å². The van der Waals surface area contributed by atoms with E-state index in [0.29, 0.717) is 13.0 Å². The lowest BCUT2D eigenvalue weighted by molar-refractivity contribution is 0.0646. The van der Waals surface area contributed by atoms with E-state index in [9.17, 15) is 5.11 Å². The summed E-state index contributed by atoms with van der Waals surface area (Å²) in [6.45, 7) is 2.36. The fourth-order valence-corrected chi connectivity index (χ4v) is 1.57. The van der Waals surface area contributed by atoms with Crippen LogP contribution in [0.4, 0.5) is 0 Å². The summed E-state index contributed by atoms with van der Waals surface area (Å²) in [4.78, 5) is 0. The Labute approximate surface area is 90.6 Å². The van der Waals surface area contributed by atoms with E-state index >= 15 is 0 Å². The van der Waals surface area contributed by atoms with Crippen molar-refractivity contribution in [2.45, 2.75) is 19.4 Å². The molecule has 1 aromatic carbocycles. The summed E-state index contributed by atoms with van der Waals surface area (Å²) in [6, 6.07) is 5.94. The van der Waals surface area contributed by atoms with Crippen molar-refractivity contribution in [2.75, 3.05) is 20.8 Å². The van der Waals surface area contributed by atoms with E-state index in [1.165, 1.54) is 0 Å². The van der Waals surface area contributed by atoms with Gasteiger partial charge in [-0.2, -0.15) is 0 Å². The highest BCUT2D eigenvalue weighted by Gasteiger charge is 2.09. The highest BCUT2D eigenvalue weighted by atomic mass is 16.5. The van der Waals surface area contributed by atoms with Gasteiger partial charge in [-0.25, -0.2) is 0 Å². The van der Waals surface area contributed by atoms with Gasteiger partial charge >= 0.3 is 0 Å². The number of aryl methyl sites for hydroxylation is 1. The maximum Gasteiger partial charge on any atom is 0.122 e. The van der Waals surface area contributed by atoms with Gasteiger partial charge in [0.1, 0.15) is 5.75 Å². The molecular weight excluding hydrogens is 192 g/mol. The summed E-state index contributed by atoms with van der Waals surface area (Å²) < 4.78 is 10.1. The average molecular weight is 210 g/mol. The molecule has 1 aromatic rings. The van der Waals surface area contributed by atoms with E-state index in [1.807, 2.05) is 25.1 Å². The third-order valence-electron chi connectivity index (χ3n) is 2.25. The Morgan fingerprint density at radius 2 is 2.07 bits per heavy atom. The lowest BCUT2D eigenvalue weighted by Gasteiger charge is -2.13. The van der Waals surface area contributed by atoms with Crippen molar-refractivity contribution < 1.29 is 14.6 Å². The summed E-state index contributed by atoms with van der Waals surface area (Å²) in [5.41, 5.74) is 2.18. The summed E-state index contributed by atoms with van der Waals surface area (Å²) in [6.07, 6.45) is 0.0734. The summed E-state index contributed by atoms with van der Waals surface area (Å²) in [5.74, 6) is 0.816. The average Bonchev–Trinajstić information content (AvgIpc) is 2.18. The molecule has 0 radical (unpaired) electrons. The number of benzene rings is 1. The normalized spacial score (nSPS) is 12.5. The number of rotatable bonds is 5. The van der Waals surface area contributed by atoms with Crippen LogP contribution in [0.3, 0.4) is 0 Å². The molecule has 3 heteroatoms. The third kappa shape index (κ3) is 3.53. The highest BCUT2D eigenvalue weighted by Crippen LogP contribution is 2.21. The Hall–Kier alpha value is -1.06. The van der Waals surface area contributed by atoms with Gasteiger partial charge in [0, 0.05) is 13.5 Å². The molecule has 0 amide bonds. The summed E-state index contributed by atoms with van der Waals surface area (Å²) >= 11 is 0. The van der Waals surface area contributed by atoms with E-state index in [-0.39, 0.29) is 0 Å². The molecule has 0 heterocycles. The Morgan fingerprint density at radius 1 is 1.33 bits per heavy atom. The van der Waals surface area contributed by atoms with Gasteiger partial charge in [-0.15, -0.1) is 0 Å². The zero-order chi connectivity index (χ0) is 11.3. The van der Waals surface area contributed by atoms with E-state index in [0.717, 1.165) is 16.9 Å². The van der Waals surface area contributed by atoms with Crippen LogP contribution in [0.2, 0.25) is 0 Å². The molecule has 0 saturated carbocycles. The molecule has 15 heavy (non-hydrogen) atoms. The van der Waals surface area contributed by atoms with Gasteiger partial charge in [-0.05, 0) is 18.6 Å². The predicted octanol–water partition coefficient (Wildman–Crippen LogP) is 1.55. The van der Waals surface area contributed by atoms with Crippen molar-refractivity contribution in [1.82, 2.24) is 0 Å². The molecule has 0 aliphatic carbocycles. The molecule has 1 N–H and O–H groups in total. The lowest BCUT2D eigenvalue weighted by Crippen LogP contribution is -2.17. The van der Waals surface area contributed by atoms with Crippen molar-refractivity contribution in [2.24, 2.45) is 0 Å². The molecule has 0 aliphatic heterocycles. The monoisotopic (exact) mass is 210 g/mol. The van der Waals surface area contributed by atoms with Gasteiger partial charge < -0.3 is 14.6 Å². The first kappa shape index (κ1) is 12.0. The molecule has 3 nitrogen and oxygen atoms in total.